The third-order valence-electron chi connectivity index (χ3n) is 8.97. The van der Waals surface area contributed by atoms with Gasteiger partial charge in [0.05, 0.1) is 17.3 Å². The second-order valence-electron chi connectivity index (χ2n) is 11.7. The second-order valence-corrected chi connectivity index (χ2v) is 11.7. The molecule has 234 valence electrons. The molecule has 2 fully saturated rings. The van der Waals surface area contributed by atoms with Gasteiger partial charge in [0.25, 0.3) is 11.8 Å². The molecular weight excluding hydrogens is 604 g/mol. The summed E-state index contributed by atoms with van der Waals surface area (Å²) in [7, 11) is 0. The maximum absolute atomic E-state index is 14.2. The molecule has 6 rings (SSSR count). The molecular formula is C31H26F6N5O3+. The van der Waals surface area contributed by atoms with Crippen LogP contribution in [-0.2, 0) is 11.2 Å². The summed E-state index contributed by atoms with van der Waals surface area (Å²) in [6, 6.07) is 8.43. The van der Waals surface area contributed by atoms with Gasteiger partial charge in [-0.3, -0.25) is 20.0 Å². The average Bonchev–Trinajstić information content (AvgIpc) is 3.78. The van der Waals surface area contributed by atoms with Crippen LogP contribution < -0.4 is 16.4 Å². The van der Waals surface area contributed by atoms with Gasteiger partial charge in [-0.15, -0.1) is 0 Å². The zero-order valence-corrected chi connectivity index (χ0v) is 23.3. The fourth-order valence-corrected chi connectivity index (χ4v) is 6.72. The van der Waals surface area contributed by atoms with Crippen molar-refractivity contribution in [1.29, 1.82) is 5.41 Å². The van der Waals surface area contributed by atoms with E-state index in [9.17, 15) is 41.0 Å². The van der Waals surface area contributed by atoms with Gasteiger partial charge in [-0.05, 0) is 60.7 Å². The van der Waals surface area contributed by atoms with Crippen LogP contribution in [-0.4, -0.2) is 46.4 Å². The number of nitrogens with two attached hydrogens (primary N) is 2. The summed E-state index contributed by atoms with van der Waals surface area (Å²) in [6.45, 7) is -0.480. The van der Waals surface area contributed by atoms with Crippen molar-refractivity contribution in [1.82, 2.24) is 10.3 Å². The number of halogens is 6. The number of aromatic nitrogens is 1. The molecule has 2 unspecified atom stereocenters. The Morgan fingerprint density at radius 1 is 1.11 bits per heavy atom. The van der Waals surface area contributed by atoms with Gasteiger partial charge in [0.2, 0.25) is 0 Å². The number of hydrogen-bond donors (Lipinski definition) is 5. The molecule has 3 aliphatic carbocycles. The molecule has 3 aliphatic rings. The van der Waals surface area contributed by atoms with Gasteiger partial charge in [0.1, 0.15) is 35.0 Å². The molecule has 3 aromatic rings. The second kappa shape index (κ2) is 10.5. The van der Waals surface area contributed by atoms with Gasteiger partial charge >= 0.3 is 6.18 Å². The van der Waals surface area contributed by atoms with Gasteiger partial charge in [-0.25, -0.2) is 13.2 Å². The molecule has 0 saturated heterocycles. The lowest BCUT2D eigenvalue weighted by atomic mass is 9.91. The number of amides is 2. The van der Waals surface area contributed by atoms with Crippen molar-refractivity contribution in [2.45, 2.75) is 37.6 Å². The van der Waals surface area contributed by atoms with Crippen LogP contribution in [0.25, 0.3) is 11.1 Å². The maximum Gasteiger partial charge on any atom is 0.433 e. The van der Waals surface area contributed by atoms with Crippen LogP contribution in [0.15, 0.2) is 66.0 Å². The zero-order valence-electron chi connectivity index (χ0n) is 23.3. The van der Waals surface area contributed by atoms with Crippen molar-refractivity contribution in [3.05, 3.63) is 100 Å². The first-order valence-electron chi connectivity index (χ1n) is 13.9. The molecule has 2 amide bonds. The lowest BCUT2D eigenvalue weighted by Gasteiger charge is -2.23. The molecule has 0 spiro atoms. The van der Waals surface area contributed by atoms with Gasteiger partial charge < -0.3 is 21.5 Å². The van der Waals surface area contributed by atoms with Crippen LogP contribution >= 0.6 is 0 Å². The molecule has 7 N–H and O–H groups in total. The minimum absolute atomic E-state index is 0.0995. The number of pyridine rings is 1. The van der Waals surface area contributed by atoms with E-state index in [0.717, 1.165) is 18.2 Å². The lowest BCUT2D eigenvalue weighted by molar-refractivity contribution is -0.603. The van der Waals surface area contributed by atoms with E-state index in [1.807, 2.05) is 0 Å². The molecule has 2 saturated carbocycles. The molecule has 45 heavy (non-hydrogen) atoms. The Bertz CT molecular complexity index is 1780. The highest BCUT2D eigenvalue weighted by molar-refractivity contribution is 6.06. The highest BCUT2D eigenvalue weighted by Gasteiger charge is 2.93. The average molecular weight is 631 g/mol. The van der Waals surface area contributed by atoms with Gasteiger partial charge in [0, 0.05) is 34.2 Å². The number of hydrogen-bond acceptors (Lipinski definition) is 5. The Hall–Kier alpha value is -4.56. The van der Waals surface area contributed by atoms with Crippen LogP contribution in [0.4, 0.5) is 26.3 Å². The largest absolute Gasteiger partial charge is 0.433 e. The molecule has 8 nitrogen and oxygen atoms in total. The number of carbonyl (C=O) groups is 2. The van der Waals surface area contributed by atoms with Crippen LogP contribution in [0.2, 0.25) is 0 Å². The summed E-state index contributed by atoms with van der Waals surface area (Å²) in [5.41, 5.74) is 2.34. The normalized spacial score (nSPS) is 23.7. The monoisotopic (exact) mass is 630 g/mol. The summed E-state index contributed by atoms with van der Waals surface area (Å²) in [5, 5.41) is 22.5. The number of aliphatic hydroxyl groups excluding tert-OH is 1. The minimum Gasteiger partial charge on any atom is -0.382 e. The number of alkyl halides is 3. The zero-order chi connectivity index (χ0) is 32.5. The fourth-order valence-electron chi connectivity index (χ4n) is 6.72. The summed E-state index contributed by atoms with van der Waals surface area (Å²) in [5.74, 6) is -4.33. The number of nitrogens with zero attached hydrogens (tertiary/aromatic N) is 1. The third-order valence-corrected chi connectivity index (χ3v) is 8.97. The predicted octanol–water partition coefficient (Wildman–Crippen LogP) is 3.22. The maximum atomic E-state index is 14.2. The molecule has 2 atom stereocenters. The van der Waals surface area contributed by atoms with E-state index in [1.54, 1.807) is 12.1 Å². The number of quaternary nitrogens is 1. The summed E-state index contributed by atoms with van der Waals surface area (Å²) >= 11 is 0. The highest BCUT2D eigenvalue weighted by atomic mass is 19.4. The van der Waals surface area contributed by atoms with E-state index in [0.29, 0.717) is 30.0 Å². The van der Waals surface area contributed by atoms with Crippen LogP contribution in [0, 0.1) is 33.7 Å². The van der Waals surface area contributed by atoms with Crippen molar-refractivity contribution in [3.8, 4) is 11.1 Å². The lowest BCUT2D eigenvalue weighted by Crippen LogP contribution is -2.87. The highest BCUT2D eigenvalue weighted by Crippen LogP contribution is 2.93. The number of primary amides is 1. The van der Waals surface area contributed by atoms with E-state index in [4.69, 9.17) is 11.1 Å². The molecule has 2 aromatic carbocycles. The topological polar surface area (TPSA) is 146 Å². The predicted molar refractivity (Wildman–Crippen MR) is 147 cm³/mol. The molecule has 1 heterocycles. The fraction of sp³-hybridized carbons (Fsp3) is 0.290. The Morgan fingerprint density at radius 3 is 2.44 bits per heavy atom. The van der Waals surface area contributed by atoms with E-state index >= 15 is 0 Å². The third kappa shape index (κ3) is 5.17. The Labute approximate surface area is 251 Å². The number of rotatable bonds is 10. The van der Waals surface area contributed by atoms with E-state index in [2.05, 4.69) is 10.3 Å². The SMILES string of the molecule is N=C(C1=C([NH2+]CC(=O)NC(Cc2cc(F)cc(F)c2)c2ncccc2-c2ccc(F)c(C(N)=O)c2)C(O)C23CC12C3)C(F)(F)F. The van der Waals surface area contributed by atoms with E-state index in [-0.39, 0.29) is 28.9 Å². The summed E-state index contributed by atoms with van der Waals surface area (Å²) in [6.07, 6.45) is -4.25. The smallest absolute Gasteiger partial charge is 0.382 e. The Balaban J connectivity index is 1.31. The molecule has 1 aromatic heterocycles. The number of aliphatic hydroxyl groups is 1. The Morgan fingerprint density at radius 2 is 1.80 bits per heavy atom. The van der Waals surface area contributed by atoms with Gasteiger partial charge in [-0.1, -0.05) is 12.1 Å². The first-order valence-corrected chi connectivity index (χ1v) is 13.9. The van der Waals surface area contributed by atoms with Crippen LogP contribution in [0.3, 0.4) is 0 Å². The standard InChI is InChI=1S/C31H25F6N5O3/c32-16-6-14(7-17(33)10-16)8-21(24-18(2-1-5-40-24)15-3-4-20(34)19(9-15)28(39)45)42-22(43)11-41-25-23(26(38)31(35,36)37)29-12-30(29,13-29)27(25)44/h1-7,9-10,21,27,38,41,44H,8,11-13H2,(H2,39,45)(H,42,43)/p+1. The number of nitrogens with one attached hydrogen (secondary N) is 2. The quantitative estimate of drug-likeness (QED) is 0.173. The molecule has 0 bridgehead atoms. The first-order chi connectivity index (χ1) is 21.2. The van der Waals surface area contributed by atoms with E-state index < -0.39 is 76.2 Å². The van der Waals surface area contributed by atoms with E-state index in [1.165, 1.54) is 23.6 Å². The van der Waals surface area contributed by atoms with Crippen LogP contribution in [0.5, 0.6) is 0 Å². The number of carbonyl (C=O) groups excluding carboxylic acids is 2. The Kier molecular flexibility index (Phi) is 7.12. The number of allylic oxidation sites excluding steroid dienone is 1. The molecule has 14 heteroatoms. The molecule has 0 radical (unpaired) electrons. The summed E-state index contributed by atoms with van der Waals surface area (Å²) in [4.78, 5) is 29.4. The van der Waals surface area contributed by atoms with Crippen molar-refractivity contribution in [2.24, 2.45) is 16.6 Å². The van der Waals surface area contributed by atoms with Crippen LogP contribution in [0.1, 0.15) is 40.5 Å². The summed E-state index contributed by atoms with van der Waals surface area (Å²) < 4.78 is 83.0. The molecule has 0 aliphatic heterocycles. The van der Waals surface area contributed by atoms with Crippen molar-refractivity contribution >= 4 is 17.5 Å². The van der Waals surface area contributed by atoms with Gasteiger partial charge in [-0.2, -0.15) is 13.2 Å². The van der Waals surface area contributed by atoms with Gasteiger partial charge in [0.15, 0.2) is 6.54 Å². The first kappa shape index (κ1) is 30.5. The number of benzene rings is 2. The van der Waals surface area contributed by atoms with Crippen molar-refractivity contribution < 1.29 is 46.4 Å². The minimum atomic E-state index is -4.93. The van der Waals surface area contributed by atoms with Crippen molar-refractivity contribution in [3.63, 3.8) is 0 Å². The van der Waals surface area contributed by atoms with Crippen molar-refractivity contribution in [2.75, 3.05) is 6.54 Å².